The summed E-state index contributed by atoms with van der Waals surface area (Å²) >= 11 is 1.86. The number of rotatable bonds is 10. The lowest BCUT2D eigenvalue weighted by Gasteiger charge is -2.34. The van der Waals surface area contributed by atoms with E-state index in [1.807, 2.05) is 23.5 Å². The molecule has 0 fully saturated rings. The molecule has 0 saturated heterocycles. The van der Waals surface area contributed by atoms with E-state index in [1.165, 1.54) is 52.0 Å². The van der Waals surface area contributed by atoms with Gasteiger partial charge < -0.3 is 4.42 Å². The Morgan fingerprint density at radius 1 is 0.253 bits per heavy atom. The molecule has 0 amide bonds. The number of hydrogen-bond acceptors (Lipinski definition) is 5. The van der Waals surface area contributed by atoms with Crippen LogP contribution in [0.1, 0.15) is 0 Å². The van der Waals surface area contributed by atoms with Crippen LogP contribution in [0.15, 0.2) is 277 Å². The first kappa shape index (κ1) is 44.4. The SMILES string of the molecule is c1ccc(-c2ccc(-c3cccc(-c4nc(-c5ccc(-c6ccc7c(c6)oc6ccccc67)cc5)nc(-c5cccc([Si](c6ccccc6)(c6ccccc6)c6ccc7sc8ccccc8c7c6)c5)n4)c3)cc2)cc1. The normalized spacial score (nSPS) is 11.7. The zero-order valence-electron chi connectivity index (χ0n) is 40.6. The third-order valence-electron chi connectivity index (χ3n) is 14.7. The molecule has 0 atom stereocenters. The first-order valence-corrected chi connectivity index (χ1v) is 28.1. The van der Waals surface area contributed by atoms with Crippen molar-refractivity contribution in [2.45, 2.75) is 0 Å². The third-order valence-corrected chi connectivity index (χ3v) is 20.6. The second kappa shape index (κ2) is 18.6. The van der Waals surface area contributed by atoms with Gasteiger partial charge in [-0.15, -0.1) is 11.3 Å². The molecule has 3 heterocycles. The van der Waals surface area contributed by atoms with Gasteiger partial charge in [0.2, 0.25) is 0 Å². The van der Waals surface area contributed by atoms with Gasteiger partial charge in [-0.05, 0) is 90.5 Å². The number of furan rings is 1. The highest BCUT2D eigenvalue weighted by Gasteiger charge is 2.42. The number of hydrogen-bond donors (Lipinski definition) is 0. The maximum atomic E-state index is 6.29. The molecule has 14 aromatic rings. The Labute approximate surface area is 439 Å². The molecule has 11 aromatic carbocycles. The van der Waals surface area contributed by atoms with Gasteiger partial charge in [-0.1, -0.05) is 237 Å². The van der Waals surface area contributed by atoms with Crippen LogP contribution < -0.4 is 20.7 Å². The Morgan fingerprint density at radius 3 is 1.39 bits per heavy atom. The van der Waals surface area contributed by atoms with Crippen LogP contribution in [-0.2, 0) is 0 Å². The monoisotopic (exact) mass is 991 g/mol. The van der Waals surface area contributed by atoms with Gasteiger partial charge in [0, 0.05) is 47.6 Å². The average Bonchev–Trinajstić information content (AvgIpc) is 4.08. The largest absolute Gasteiger partial charge is 0.456 e. The quantitative estimate of drug-likeness (QED) is 0.101. The maximum absolute atomic E-state index is 6.29. The summed E-state index contributed by atoms with van der Waals surface area (Å²) in [5.41, 5.74) is 11.2. The zero-order chi connectivity index (χ0) is 49.7. The molecule has 0 spiro atoms. The minimum Gasteiger partial charge on any atom is -0.456 e. The predicted octanol–water partition coefficient (Wildman–Crippen LogP) is 15.5. The van der Waals surface area contributed by atoms with Crippen molar-refractivity contribution >= 4 is 82.3 Å². The van der Waals surface area contributed by atoms with Gasteiger partial charge in [0.1, 0.15) is 11.2 Å². The highest BCUT2D eigenvalue weighted by molar-refractivity contribution is 7.26. The minimum atomic E-state index is -3.01. The van der Waals surface area contributed by atoms with E-state index in [-0.39, 0.29) is 0 Å². The molecule has 352 valence electrons. The number of aromatic nitrogens is 3. The van der Waals surface area contributed by atoms with Crippen LogP contribution in [0.25, 0.3) is 110 Å². The lowest BCUT2D eigenvalue weighted by atomic mass is 9.99. The molecule has 0 bridgehead atoms. The standard InChI is InChI=1S/C69H45N3OSSi/c1-4-16-46(17-5-1)47-30-32-48(33-31-47)51-18-14-19-53(42-51)68-70-67(50-36-34-49(35-37-50)52-38-40-60-59-26-10-12-28-63(59)73-64(60)44-52)71-69(72-68)54-20-15-25-57(43-54)75(55-21-6-2-7-22-55,56-23-8-3-9-24-56)58-39-41-66-62(45-58)61-27-11-13-29-65(61)74-66/h1-45H. The molecular formula is C69H45N3OSSi. The lowest BCUT2D eigenvalue weighted by molar-refractivity contribution is 0.669. The molecule has 0 saturated carbocycles. The van der Waals surface area contributed by atoms with Gasteiger partial charge in [0.15, 0.2) is 25.5 Å². The molecule has 0 aliphatic rings. The molecule has 4 nitrogen and oxygen atoms in total. The van der Waals surface area contributed by atoms with Crippen LogP contribution >= 0.6 is 11.3 Å². The molecule has 6 heteroatoms. The fourth-order valence-corrected chi connectivity index (χ4v) is 16.9. The zero-order valence-corrected chi connectivity index (χ0v) is 42.5. The number of para-hydroxylation sites is 1. The third kappa shape index (κ3) is 7.96. The Morgan fingerprint density at radius 2 is 0.693 bits per heavy atom. The van der Waals surface area contributed by atoms with Crippen LogP contribution in [0.5, 0.6) is 0 Å². The Hall–Kier alpha value is -9.33. The maximum Gasteiger partial charge on any atom is 0.179 e. The van der Waals surface area contributed by atoms with Crippen LogP contribution in [0.3, 0.4) is 0 Å². The van der Waals surface area contributed by atoms with Crippen LogP contribution in [-0.4, -0.2) is 23.0 Å². The van der Waals surface area contributed by atoms with Crippen molar-refractivity contribution in [3.05, 3.63) is 273 Å². The molecule has 0 unspecified atom stereocenters. The second-order valence-electron chi connectivity index (χ2n) is 19.1. The van der Waals surface area contributed by atoms with Gasteiger partial charge in [-0.2, -0.15) is 0 Å². The van der Waals surface area contributed by atoms with E-state index in [0.29, 0.717) is 17.5 Å². The van der Waals surface area contributed by atoms with E-state index < -0.39 is 8.07 Å². The average molecular weight is 992 g/mol. The summed E-state index contributed by atoms with van der Waals surface area (Å²) in [4.78, 5) is 16.1. The predicted molar refractivity (Wildman–Crippen MR) is 316 cm³/mol. The van der Waals surface area contributed by atoms with Crippen molar-refractivity contribution in [1.29, 1.82) is 0 Å². The fourth-order valence-electron chi connectivity index (χ4n) is 11.0. The van der Waals surface area contributed by atoms with Crippen molar-refractivity contribution in [3.8, 4) is 67.5 Å². The van der Waals surface area contributed by atoms with E-state index in [9.17, 15) is 0 Å². The summed E-state index contributed by atoms with van der Waals surface area (Å²) in [7, 11) is -3.01. The minimum absolute atomic E-state index is 0.599. The smallest absolute Gasteiger partial charge is 0.179 e. The van der Waals surface area contributed by atoms with Crippen molar-refractivity contribution < 1.29 is 4.42 Å². The number of thiophene rings is 1. The molecule has 75 heavy (non-hydrogen) atoms. The Bertz CT molecular complexity index is 4360. The first-order valence-electron chi connectivity index (χ1n) is 25.3. The molecule has 3 aromatic heterocycles. The van der Waals surface area contributed by atoms with Crippen LogP contribution in [0.4, 0.5) is 0 Å². The number of nitrogens with zero attached hydrogens (tertiary/aromatic N) is 3. The van der Waals surface area contributed by atoms with Crippen molar-refractivity contribution in [2.75, 3.05) is 0 Å². The Balaban J connectivity index is 0.923. The van der Waals surface area contributed by atoms with Gasteiger partial charge in [-0.3, -0.25) is 0 Å². The van der Waals surface area contributed by atoms with E-state index >= 15 is 0 Å². The van der Waals surface area contributed by atoms with Gasteiger partial charge >= 0.3 is 0 Å². The van der Waals surface area contributed by atoms with E-state index in [1.54, 1.807) is 0 Å². The highest BCUT2D eigenvalue weighted by Crippen LogP contribution is 2.36. The molecule has 0 aliphatic heterocycles. The first-order chi connectivity index (χ1) is 37.1. The van der Waals surface area contributed by atoms with Gasteiger partial charge in [-0.25, -0.2) is 15.0 Å². The van der Waals surface area contributed by atoms with Crippen molar-refractivity contribution in [2.24, 2.45) is 0 Å². The molecular weight excluding hydrogens is 947 g/mol. The van der Waals surface area contributed by atoms with Crippen molar-refractivity contribution in [3.63, 3.8) is 0 Å². The van der Waals surface area contributed by atoms with Crippen molar-refractivity contribution in [1.82, 2.24) is 15.0 Å². The summed E-state index contributed by atoms with van der Waals surface area (Å²) < 4.78 is 8.87. The topological polar surface area (TPSA) is 51.8 Å². The summed E-state index contributed by atoms with van der Waals surface area (Å²) in [5.74, 6) is 1.81. The van der Waals surface area contributed by atoms with Gasteiger partial charge in [0.25, 0.3) is 0 Å². The lowest BCUT2D eigenvalue weighted by Crippen LogP contribution is -2.74. The number of fused-ring (bicyclic) bond motifs is 6. The molecule has 0 radical (unpaired) electrons. The number of benzene rings is 11. The summed E-state index contributed by atoms with van der Waals surface area (Å²) in [6, 6.07) is 98.3. The molecule has 0 N–H and O–H groups in total. The highest BCUT2D eigenvalue weighted by atomic mass is 32.1. The van der Waals surface area contributed by atoms with E-state index in [4.69, 9.17) is 19.4 Å². The van der Waals surface area contributed by atoms with E-state index in [0.717, 1.165) is 60.9 Å². The van der Waals surface area contributed by atoms with Crippen LogP contribution in [0.2, 0.25) is 0 Å². The Kier molecular flexibility index (Phi) is 11.0. The fraction of sp³-hybridized carbons (Fsp3) is 0. The second-order valence-corrected chi connectivity index (χ2v) is 24.0. The summed E-state index contributed by atoms with van der Waals surface area (Å²) in [5, 5.41) is 9.97. The molecule has 14 rings (SSSR count). The van der Waals surface area contributed by atoms with E-state index in [2.05, 4.69) is 261 Å². The summed E-state index contributed by atoms with van der Waals surface area (Å²) in [6.45, 7) is 0. The molecule has 0 aliphatic carbocycles. The van der Waals surface area contributed by atoms with Crippen LogP contribution in [0, 0.1) is 0 Å². The van der Waals surface area contributed by atoms with Gasteiger partial charge in [0.05, 0.1) is 0 Å². The summed E-state index contributed by atoms with van der Waals surface area (Å²) in [6.07, 6.45) is 0.